The number of cyclic esters (lactones) is 1. The van der Waals surface area contributed by atoms with Crippen molar-refractivity contribution < 1.29 is 40.7 Å². The fourth-order valence-corrected chi connectivity index (χ4v) is 2.11. The average molecular weight is 277 g/mol. The van der Waals surface area contributed by atoms with Gasteiger partial charge in [-0.25, -0.2) is 4.79 Å². The monoisotopic (exact) mass is 277 g/mol. The van der Waals surface area contributed by atoms with E-state index in [0.29, 0.717) is 0 Å². The number of hydrogen-bond acceptors (Lipinski definition) is 3. The normalized spacial score (nSPS) is 27.4. The Morgan fingerprint density at radius 3 is 2.06 bits per heavy atom. The number of hydrogen-bond donors (Lipinski definition) is 0. The molecule has 0 aromatic carbocycles. The van der Waals surface area contributed by atoms with Crippen LogP contribution in [0.25, 0.3) is 0 Å². The van der Waals surface area contributed by atoms with Crippen LogP contribution in [0.2, 0.25) is 0 Å². The van der Waals surface area contributed by atoms with Crippen molar-refractivity contribution in [3.05, 3.63) is 0 Å². The zero-order chi connectivity index (χ0) is 13.9. The Bertz CT molecular complexity index is 398. The standard InChI is InChI=1S/C8H5F6NO3/c9-7(10,11)6(8(12,13)14)15-3(5(17)18-6)1-2-4(15)16/h3H,1-2H2/t3-/m1/s1. The van der Waals surface area contributed by atoms with Gasteiger partial charge in [-0.05, 0) is 6.42 Å². The number of ether oxygens (including phenoxy) is 1. The predicted octanol–water partition coefficient (Wildman–Crippen LogP) is 1.36. The van der Waals surface area contributed by atoms with Crippen LogP contribution < -0.4 is 0 Å². The van der Waals surface area contributed by atoms with E-state index in [4.69, 9.17) is 0 Å². The molecule has 4 nitrogen and oxygen atoms in total. The molecule has 0 spiro atoms. The summed E-state index contributed by atoms with van der Waals surface area (Å²) in [6, 6.07) is -1.82. The molecule has 0 aromatic heterocycles. The molecule has 1 atom stereocenters. The molecule has 1 amide bonds. The highest BCUT2D eigenvalue weighted by molar-refractivity contribution is 5.91. The maximum atomic E-state index is 12.7. The smallest absolute Gasteiger partial charge is 0.419 e. The van der Waals surface area contributed by atoms with Gasteiger partial charge in [-0.15, -0.1) is 0 Å². The summed E-state index contributed by atoms with van der Waals surface area (Å²) < 4.78 is 79.8. The van der Waals surface area contributed by atoms with Crippen LogP contribution in [0.5, 0.6) is 0 Å². The number of alkyl halides is 6. The number of rotatable bonds is 0. The van der Waals surface area contributed by atoms with Crippen LogP contribution in [0, 0.1) is 0 Å². The predicted molar refractivity (Wildman–Crippen MR) is 40.8 cm³/mol. The lowest BCUT2D eigenvalue weighted by Crippen LogP contribution is -2.66. The highest BCUT2D eigenvalue weighted by Crippen LogP contribution is 2.54. The van der Waals surface area contributed by atoms with Crippen LogP contribution in [0.15, 0.2) is 0 Å². The lowest BCUT2D eigenvalue weighted by Gasteiger charge is -2.37. The molecular formula is C8H5F6NO3. The lowest BCUT2D eigenvalue weighted by atomic mass is 10.1. The van der Waals surface area contributed by atoms with Crippen molar-refractivity contribution in [2.24, 2.45) is 0 Å². The van der Waals surface area contributed by atoms with Gasteiger partial charge in [0, 0.05) is 6.42 Å². The molecule has 10 heteroatoms. The summed E-state index contributed by atoms with van der Waals surface area (Å²) in [5, 5.41) is 0. The van der Waals surface area contributed by atoms with Gasteiger partial charge in [-0.2, -0.15) is 26.3 Å². The van der Waals surface area contributed by atoms with Crippen molar-refractivity contribution in [3.63, 3.8) is 0 Å². The summed E-state index contributed by atoms with van der Waals surface area (Å²) in [6.45, 7) is 0. The van der Waals surface area contributed by atoms with Crippen LogP contribution >= 0.6 is 0 Å². The molecule has 0 radical (unpaired) electrons. The fraction of sp³-hybridized carbons (Fsp3) is 0.750. The Balaban J connectivity index is 2.62. The highest BCUT2D eigenvalue weighted by Gasteiger charge is 2.83. The maximum Gasteiger partial charge on any atom is 0.458 e. The van der Waals surface area contributed by atoms with Gasteiger partial charge in [-0.1, -0.05) is 0 Å². The van der Waals surface area contributed by atoms with Crippen LogP contribution in [0.3, 0.4) is 0 Å². The van der Waals surface area contributed by atoms with Crippen molar-refractivity contribution >= 4 is 11.9 Å². The molecule has 0 bridgehead atoms. The van der Waals surface area contributed by atoms with Gasteiger partial charge < -0.3 is 4.74 Å². The summed E-state index contributed by atoms with van der Waals surface area (Å²) in [6.07, 6.45) is -12.9. The van der Waals surface area contributed by atoms with Crippen molar-refractivity contribution in [2.45, 2.75) is 37.0 Å². The van der Waals surface area contributed by atoms with Gasteiger partial charge >= 0.3 is 24.0 Å². The second-order valence-electron chi connectivity index (χ2n) is 3.88. The zero-order valence-electron chi connectivity index (χ0n) is 8.43. The first kappa shape index (κ1) is 13.0. The summed E-state index contributed by atoms with van der Waals surface area (Å²) in [5.74, 6) is -3.09. The van der Waals surface area contributed by atoms with E-state index in [1.165, 1.54) is 0 Å². The summed E-state index contributed by atoms with van der Waals surface area (Å²) in [7, 11) is 0. The molecule has 2 aliphatic rings. The Hall–Kier alpha value is -1.48. The Morgan fingerprint density at radius 1 is 1.11 bits per heavy atom. The Morgan fingerprint density at radius 2 is 1.61 bits per heavy atom. The van der Waals surface area contributed by atoms with E-state index in [-0.39, 0.29) is 0 Å². The third-order valence-corrected chi connectivity index (χ3v) is 2.84. The second-order valence-corrected chi connectivity index (χ2v) is 3.88. The van der Waals surface area contributed by atoms with Crippen molar-refractivity contribution in [3.8, 4) is 0 Å². The van der Waals surface area contributed by atoms with Gasteiger partial charge in [-0.3, -0.25) is 9.69 Å². The number of fused-ring (bicyclic) bond motifs is 1. The molecule has 2 saturated heterocycles. The van der Waals surface area contributed by atoms with E-state index in [1.807, 2.05) is 0 Å². The molecule has 0 saturated carbocycles. The van der Waals surface area contributed by atoms with Crippen molar-refractivity contribution in [1.29, 1.82) is 0 Å². The summed E-state index contributed by atoms with van der Waals surface area (Å²) in [5.41, 5.74) is -4.85. The summed E-state index contributed by atoms with van der Waals surface area (Å²) in [4.78, 5) is 21.8. The largest absolute Gasteiger partial charge is 0.458 e. The molecule has 102 valence electrons. The number of halogens is 6. The molecule has 2 rings (SSSR count). The Kier molecular flexibility index (Phi) is 2.37. The van der Waals surface area contributed by atoms with E-state index in [2.05, 4.69) is 4.74 Å². The van der Waals surface area contributed by atoms with E-state index in [9.17, 15) is 35.9 Å². The quantitative estimate of drug-likeness (QED) is 0.496. The molecule has 2 aliphatic heterocycles. The van der Waals surface area contributed by atoms with Gasteiger partial charge in [0.25, 0.3) is 0 Å². The molecular weight excluding hydrogens is 272 g/mol. The van der Waals surface area contributed by atoms with E-state index in [0.717, 1.165) is 0 Å². The first-order valence-corrected chi connectivity index (χ1v) is 4.71. The number of esters is 1. The first-order chi connectivity index (χ1) is 8.02. The minimum Gasteiger partial charge on any atom is -0.419 e. The van der Waals surface area contributed by atoms with E-state index >= 15 is 0 Å². The third kappa shape index (κ3) is 1.34. The second kappa shape index (κ2) is 3.29. The van der Waals surface area contributed by atoms with Gasteiger partial charge in [0.1, 0.15) is 6.04 Å². The van der Waals surface area contributed by atoms with Crippen LogP contribution in [-0.2, 0) is 14.3 Å². The van der Waals surface area contributed by atoms with Gasteiger partial charge in [0.05, 0.1) is 0 Å². The topological polar surface area (TPSA) is 46.6 Å². The SMILES string of the molecule is O=C1OC(C(F)(F)F)(C(F)(F)F)N2C(=O)CC[C@H]12. The third-order valence-electron chi connectivity index (χ3n) is 2.84. The van der Waals surface area contributed by atoms with Crippen molar-refractivity contribution in [2.75, 3.05) is 0 Å². The van der Waals surface area contributed by atoms with Crippen molar-refractivity contribution in [1.82, 2.24) is 4.90 Å². The van der Waals surface area contributed by atoms with E-state index in [1.54, 1.807) is 0 Å². The maximum absolute atomic E-state index is 12.7. The summed E-state index contributed by atoms with van der Waals surface area (Å²) >= 11 is 0. The fourth-order valence-electron chi connectivity index (χ4n) is 2.11. The van der Waals surface area contributed by atoms with Crippen LogP contribution in [0.1, 0.15) is 12.8 Å². The van der Waals surface area contributed by atoms with E-state index < -0.39 is 53.7 Å². The molecule has 0 N–H and O–H groups in total. The molecule has 2 heterocycles. The molecule has 18 heavy (non-hydrogen) atoms. The first-order valence-electron chi connectivity index (χ1n) is 4.71. The van der Waals surface area contributed by atoms with Gasteiger partial charge in [0.2, 0.25) is 5.91 Å². The molecule has 0 unspecified atom stereocenters. The number of amides is 1. The number of nitrogens with zero attached hydrogens (tertiary/aromatic N) is 1. The number of carbonyl (C=O) groups is 2. The number of carbonyl (C=O) groups excluding carboxylic acids is 2. The minimum absolute atomic E-state index is 0.411. The molecule has 2 fully saturated rings. The zero-order valence-corrected chi connectivity index (χ0v) is 8.43. The lowest BCUT2D eigenvalue weighted by molar-refractivity contribution is -0.394. The highest BCUT2D eigenvalue weighted by atomic mass is 19.4. The average Bonchev–Trinajstić information content (AvgIpc) is 2.65. The van der Waals surface area contributed by atoms with Crippen LogP contribution in [-0.4, -0.2) is 40.9 Å². The minimum atomic E-state index is -5.95. The van der Waals surface area contributed by atoms with Gasteiger partial charge in [0.15, 0.2) is 0 Å². The molecule has 0 aromatic rings. The molecule has 0 aliphatic carbocycles. The van der Waals surface area contributed by atoms with Crippen LogP contribution in [0.4, 0.5) is 26.3 Å². The Labute approximate surface area is 95.5 Å².